The topological polar surface area (TPSA) is 78.9 Å². The Morgan fingerprint density at radius 3 is 1.30 bits per heavy atom. The zero-order valence-electron chi connectivity index (χ0n) is 36.4. The number of carbonyl (C=O) groups excluding carboxylic acids is 3. The first kappa shape index (κ1) is 52.9. The third-order valence-corrected chi connectivity index (χ3v) is 9.55. The van der Waals surface area contributed by atoms with E-state index in [0.29, 0.717) is 19.3 Å². The van der Waals surface area contributed by atoms with Crippen molar-refractivity contribution < 1.29 is 28.6 Å². The molecule has 0 fully saturated rings. The molecule has 320 valence electrons. The second-order valence-corrected chi connectivity index (χ2v) is 15.0. The maximum atomic E-state index is 12.7. The molecule has 6 heteroatoms. The first-order valence-electron chi connectivity index (χ1n) is 23.0. The van der Waals surface area contributed by atoms with E-state index in [0.717, 1.165) is 103 Å². The molecule has 0 aliphatic rings. The molecule has 0 amide bonds. The molecule has 0 saturated carbocycles. The molecule has 0 aromatic rings. The fourth-order valence-corrected chi connectivity index (χ4v) is 6.14. The molecule has 1 atom stereocenters. The van der Waals surface area contributed by atoms with Gasteiger partial charge in [0.05, 0.1) is 0 Å². The van der Waals surface area contributed by atoms with Gasteiger partial charge in [0.25, 0.3) is 0 Å². The Morgan fingerprint density at radius 1 is 0.393 bits per heavy atom. The Labute approximate surface area is 344 Å². The fourth-order valence-electron chi connectivity index (χ4n) is 6.14. The van der Waals surface area contributed by atoms with Crippen molar-refractivity contribution in [3.05, 3.63) is 72.9 Å². The van der Waals surface area contributed by atoms with Gasteiger partial charge in [-0.25, -0.2) is 0 Å². The number of rotatable bonds is 40. The van der Waals surface area contributed by atoms with Crippen molar-refractivity contribution in [1.29, 1.82) is 0 Å². The number of hydrogen-bond acceptors (Lipinski definition) is 6. The summed E-state index contributed by atoms with van der Waals surface area (Å²) >= 11 is 0. The summed E-state index contributed by atoms with van der Waals surface area (Å²) in [6, 6.07) is 0. The van der Waals surface area contributed by atoms with Crippen LogP contribution in [0.25, 0.3) is 0 Å². The van der Waals surface area contributed by atoms with Crippen LogP contribution < -0.4 is 0 Å². The van der Waals surface area contributed by atoms with Crippen LogP contribution in [0.2, 0.25) is 0 Å². The van der Waals surface area contributed by atoms with Gasteiger partial charge in [0, 0.05) is 19.3 Å². The van der Waals surface area contributed by atoms with E-state index in [-0.39, 0.29) is 31.1 Å². The number of unbranched alkanes of at least 4 members (excludes halogenated alkanes) is 20. The lowest BCUT2D eigenvalue weighted by atomic mass is 10.0. The lowest BCUT2D eigenvalue weighted by Crippen LogP contribution is -2.30. The van der Waals surface area contributed by atoms with Crippen molar-refractivity contribution in [3.63, 3.8) is 0 Å². The average molecular weight is 781 g/mol. The fraction of sp³-hybridized carbons (Fsp3) is 0.700. The van der Waals surface area contributed by atoms with Crippen molar-refractivity contribution in [2.75, 3.05) is 13.2 Å². The first-order valence-corrected chi connectivity index (χ1v) is 23.0. The minimum Gasteiger partial charge on any atom is -0.462 e. The molecule has 0 aliphatic heterocycles. The van der Waals surface area contributed by atoms with Crippen LogP contribution in [0.1, 0.15) is 207 Å². The maximum absolute atomic E-state index is 12.7. The summed E-state index contributed by atoms with van der Waals surface area (Å²) < 4.78 is 16.7. The molecule has 0 saturated heterocycles. The minimum absolute atomic E-state index is 0.0950. The molecule has 0 aromatic carbocycles. The van der Waals surface area contributed by atoms with Crippen molar-refractivity contribution in [2.45, 2.75) is 213 Å². The van der Waals surface area contributed by atoms with E-state index in [1.54, 1.807) is 0 Å². The summed E-state index contributed by atoms with van der Waals surface area (Å²) in [7, 11) is 0. The normalized spacial score (nSPS) is 12.7. The van der Waals surface area contributed by atoms with Crippen molar-refractivity contribution >= 4 is 17.9 Å². The summed E-state index contributed by atoms with van der Waals surface area (Å²) in [6.45, 7) is 6.32. The summed E-state index contributed by atoms with van der Waals surface area (Å²) in [6.07, 6.45) is 54.5. The molecule has 56 heavy (non-hydrogen) atoms. The quantitative estimate of drug-likeness (QED) is 0.0203. The van der Waals surface area contributed by atoms with Gasteiger partial charge in [0.2, 0.25) is 0 Å². The molecule has 0 bridgehead atoms. The van der Waals surface area contributed by atoms with Crippen LogP contribution in [-0.4, -0.2) is 37.2 Å². The number of allylic oxidation sites excluding steroid dienone is 12. The number of carbonyl (C=O) groups is 3. The molecule has 0 aliphatic carbocycles. The lowest BCUT2D eigenvalue weighted by molar-refractivity contribution is -0.167. The Balaban J connectivity index is 4.46. The van der Waals surface area contributed by atoms with E-state index in [9.17, 15) is 14.4 Å². The molecule has 0 rings (SSSR count). The third-order valence-electron chi connectivity index (χ3n) is 9.55. The van der Waals surface area contributed by atoms with E-state index < -0.39 is 6.10 Å². The van der Waals surface area contributed by atoms with Gasteiger partial charge in [0.1, 0.15) is 13.2 Å². The monoisotopic (exact) mass is 781 g/mol. The van der Waals surface area contributed by atoms with Gasteiger partial charge < -0.3 is 14.2 Å². The van der Waals surface area contributed by atoms with E-state index >= 15 is 0 Å². The lowest BCUT2D eigenvalue weighted by Gasteiger charge is -2.18. The highest BCUT2D eigenvalue weighted by atomic mass is 16.6. The van der Waals surface area contributed by atoms with Crippen molar-refractivity contribution in [1.82, 2.24) is 0 Å². The van der Waals surface area contributed by atoms with Crippen molar-refractivity contribution in [3.8, 4) is 0 Å². The maximum Gasteiger partial charge on any atom is 0.306 e. The smallest absolute Gasteiger partial charge is 0.306 e. The molecule has 6 nitrogen and oxygen atoms in total. The summed E-state index contributed by atoms with van der Waals surface area (Å²) in [5, 5.41) is 0. The predicted octanol–water partition coefficient (Wildman–Crippen LogP) is 14.7. The second-order valence-electron chi connectivity index (χ2n) is 15.0. The zero-order valence-corrected chi connectivity index (χ0v) is 36.4. The molecule has 0 spiro atoms. The predicted molar refractivity (Wildman–Crippen MR) is 238 cm³/mol. The van der Waals surface area contributed by atoms with Gasteiger partial charge in [-0.1, -0.05) is 196 Å². The zero-order chi connectivity index (χ0) is 40.8. The van der Waals surface area contributed by atoms with Gasteiger partial charge in [0.15, 0.2) is 6.10 Å². The van der Waals surface area contributed by atoms with Crippen LogP contribution in [0.3, 0.4) is 0 Å². The van der Waals surface area contributed by atoms with Crippen molar-refractivity contribution in [2.24, 2.45) is 0 Å². The SMILES string of the molecule is CC\C=C/C=C\C=C/C=C\CCCCCC(=O)OCC(COC(=O)CCCCCCC/C=C\C/C=C\CC)OC(=O)CCCCCCCCCCCCCCC. The van der Waals surface area contributed by atoms with Gasteiger partial charge >= 0.3 is 17.9 Å². The molecule has 0 heterocycles. The van der Waals surface area contributed by atoms with E-state index in [1.165, 1.54) is 64.2 Å². The van der Waals surface area contributed by atoms with Crippen LogP contribution in [-0.2, 0) is 28.6 Å². The van der Waals surface area contributed by atoms with Crippen LogP contribution >= 0.6 is 0 Å². The number of hydrogen-bond donors (Lipinski definition) is 0. The third kappa shape index (κ3) is 42.0. The highest BCUT2D eigenvalue weighted by molar-refractivity contribution is 5.71. The highest BCUT2D eigenvalue weighted by Gasteiger charge is 2.19. The number of esters is 3. The van der Waals surface area contributed by atoms with Crippen LogP contribution in [0.4, 0.5) is 0 Å². The van der Waals surface area contributed by atoms with Gasteiger partial charge in [-0.3, -0.25) is 14.4 Å². The van der Waals surface area contributed by atoms with Gasteiger partial charge in [-0.2, -0.15) is 0 Å². The molecule has 0 N–H and O–H groups in total. The number of ether oxygens (including phenoxy) is 3. The molecular weight excluding hydrogens is 697 g/mol. The Hall–Kier alpha value is -3.15. The van der Waals surface area contributed by atoms with E-state index in [1.807, 2.05) is 36.5 Å². The largest absolute Gasteiger partial charge is 0.462 e. The van der Waals surface area contributed by atoms with Gasteiger partial charge in [-0.15, -0.1) is 0 Å². The minimum atomic E-state index is -0.793. The van der Waals surface area contributed by atoms with Crippen LogP contribution in [0.15, 0.2) is 72.9 Å². The molecular formula is C50H84O6. The van der Waals surface area contributed by atoms with Crippen LogP contribution in [0.5, 0.6) is 0 Å². The second kappa shape index (κ2) is 44.6. The summed E-state index contributed by atoms with van der Waals surface area (Å²) in [4.78, 5) is 37.7. The Kier molecular flexibility index (Phi) is 42.1. The molecule has 0 aromatic heterocycles. The summed E-state index contributed by atoms with van der Waals surface area (Å²) in [5.74, 6) is -0.952. The molecule has 0 radical (unpaired) electrons. The Bertz CT molecular complexity index is 1080. The Morgan fingerprint density at radius 2 is 0.786 bits per heavy atom. The molecule has 1 unspecified atom stereocenters. The van der Waals surface area contributed by atoms with Gasteiger partial charge in [-0.05, 0) is 64.2 Å². The van der Waals surface area contributed by atoms with E-state index in [4.69, 9.17) is 14.2 Å². The highest BCUT2D eigenvalue weighted by Crippen LogP contribution is 2.14. The summed E-state index contributed by atoms with van der Waals surface area (Å²) in [5.41, 5.74) is 0. The first-order chi connectivity index (χ1) is 27.5. The van der Waals surface area contributed by atoms with E-state index in [2.05, 4.69) is 57.2 Å². The average Bonchev–Trinajstić information content (AvgIpc) is 3.19. The van der Waals surface area contributed by atoms with Crippen LogP contribution in [0, 0.1) is 0 Å². The standard InChI is InChI=1S/C50H84O6/c1-4-7-10-13-16-19-22-25-28-31-34-37-40-43-49(52)55-46-47(45-54-48(51)42-39-36-33-30-27-24-21-18-15-12-9-6-3)56-50(53)44-41-38-35-32-29-26-23-20-17-14-11-8-5-2/h7,9-10,12-13,16,18-19,21-22,25,28,47H,4-6,8,11,14-15,17,20,23-24,26-27,29-46H2,1-3H3/b10-7-,12-9-,16-13-,21-18-,22-19-,28-25-.